The molecule has 0 spiro atoms. The maximum Gasteiger partial charge on any atom is 0.410 e. The van der Waals surface area contributed by atoms with Crippen LogP contribution >= 0.6 is 0 Å². The Bertz CT molecular complexity index is 535. The van der Waals surface area contributed by atoms with E-state index >= 15 is 0 Å². The van der Waals surface area contributed by atoms with E-state index in [0.717, 1.165) is 5.56 Å². The van der Waals surface area contributed by atoms with Gasteiger partial charge in [-0.25, -0.2) is 4.79 Å². The molecule has 1 N–H and O–H groups in total. The summed E-state index contributed by atoms with van der Waals surface area (Å²) in [5, 5.41) is 9.52. The molecule has 2 atom stereocenters. The van der Waals surface area contributed by atoms with Crippen molar-refractivity contribution in [1.82, 2.24) is 4.90 Å². The van der Waals surface area contributed by atoms with Gasteiger partial charge in [0.15, 0.2) is 0 Å². The number of ether oxygens (including phenoxy) is 1. The van der Waals surface area contributed by atoms with Crippen LogP contribution in [0.25, 0.3) is 0 Å². The monoisotopic (exact) mass is 305 g/mol. The van der Waals surface area contributed by atoms with Crippen LogP contribution in [0.2, 0.25) is 0 Å². The lowest BCUT2D eigenvalue weighted by molar-refractivity contribution is -0.145. The highest BCUT2D eigenvalue weighted by atomic mass is 16.6. The number of benzene rings is 1. The number of hydrogen-bond acceptors (Lipinski definition) is 3. The molecule has 1 fully saturated rings. The largest absolute Gasteiger partial charge is 0.481 e. The molecule has 1 saturated heterocycles. The van der Waals surface area contributed by atoms with Crippen molar-refractivity contribution in [1.29, 1.82) is 0 Å². The zero-order valence-corrected chi connectivity index (χ0v) is 13.3. The van der Waals surface area contributed by atoms with Gasteiger partial charge in [0.05, 0.1) is 12.0 Å². The van der Waals surface area contributed by atoms with Gasteiger partial charge in [0.1, 0.15) is 5.60 Å². The Labute approximate surface area is 130 Å². The Balaban J connectivity index is 2.33. The molecule has 0 saturated carbocycles. The van der Waals surface area contributed by atoms with Gasteiger partial charge in [-0.3, -0.25) is 4.79 Å². The second-order valence-electron chi connectivity index (χ2n) is 6.62. The number of likely N-dealkylation sites (tertiary alicyclic amines) is 1. The maximum atomic E-state index is 12.5. The van der Waals surface area contributed by atoms with Crippen LogP contribution in [0.1, 0.15) is 45.2 Å². The lowest BCUT2D eigenvalue weighted by atomic mass is 9.85. The molecule has 1 aliphatic heterocycles. The van der Waals surface area contributed by atoms with Crippen LogP contribution in [0.3, 0.4) is 0 Å². The van der Waals surface area contributed by atoms with Crippen molar-refractivity contribution in [3.05, 3.63) is 35.9 Å². The average molecular weight is 305 g/mol. The minimum absolute atomic E-state index is 0.452. The van der Waals surface area contributed by atoms with E-state index in [1.807, 2.05) is 30.3 Å². The molecule has 1 heterocycles. The van der Waals surface area contributed by atoms with Gasteiger partial charge in [-0.05, 0) is 39.2 Å². The molecule has 120 valence electrons. The predicted octanol–water partition coefficient (Wildman–Crippen LogP) is 3.46. The highest BCUT2D eigenvalue weighted by Crippen LogP contribution is 2.37. The minimum atomic E-state index is -0.873. The van der Waals surface area contributed by atoms with E-state index in [9.17, 15) is 14.7 Å². The summed E-state index contributed by atoms with van der Waals surface area (Å²) in [5.74, 6) is -1.48. The smallest absolute Gasteiger partial charge is 0.410 e. The molecule has 1 aliphatic rings. The first-order chi connectivity index (χ1) is 10.3. The molecule has 2 rings (SSSR count). The molecule has 22 heavy (non-hydrogen) atoms. The van der Waals surface area contributed by atoms with E-state index in [1.165, 1.54) is 0 Å². The summed E-state index contributed by atoms with van der Waals surface area (Å²) in [6, 6.07) is 8.83. The number of carbonyl (C=O) groups excluding carboxylic acids is 1. The van der Waals surface area contributed by atoms with Gasteiger partial charge in [-0.1, -0.05) is 30.3 Å². The summed E-state index contributed by atoms with van der Waals surface area (Å²) >= 11 is 0. The second kappa shape index (κ2) is 6.38. The SMILES string of the molecule is CC(C)(C)OC(=O)N1CCC[C@@H](C(=O)O)[C@H]1c1ccccc1. The van der Waals surface area contributed by atoms with E-state index in [4.69, 9.17) is 4.74 Å². The van der Waals surface area contributed by atoms with Gasteiger partial charge < -0.3 is 14.7 Å². The Hall–Kier alpha value is -2.04. The molecule has 0 aromatic heterocycles. The topological polar surface area (TPSA) is 66.8 Å². The fourth-order valence-corrected chi connectivity index (χ4v) is 2.84. The fourth-order valence-electron chi connectivity index (χ4n) is 2.84. The van der Waals surface area contributed by atoms with Crippen molar-refractivity contribution in [2.45, 2.75) is 45.3 Å². The molecule has 5 nitrogen and oxygen atoms in total. The number of rotatable bonds is 2. The van der Waals surface area contributed by atoms with Crippen LogP contribution in [0.4, 0.5) is 4.79 Å². The van der Waals surface area contributed by atoms with Gasteiger partial charge in [-0.2, -0.15) is 0 Å². The van der Waals surface area contributed by atoms with Crippen LogP contribution in [0.5, 0.6) is 0 Å². The van der Waals surface area contributed by atoms with E-state index < -0.39 is 29.6 Å². The molecule has 0 unspecified atom stereocenters. The maximum absolute atomic E-state index is 12.5. The Morgan fingerprint density at radius 2 is 1.86 bits per heavy atom. The Morgan fingerprint density at radius 3 is 2.41 bits per heavy atom. The second-order valence-corrected chi connectivity index (χ2v) is 6.62. The summed E-state index contributed by atoms with van der Waals surface area (Å²) in [5.41, 5.74) is 0.231. The Kier molecular flexibility index (Phi) is 4.74. The standard InChI is InChI=1S/C17H23NO4/c1-17(2,3)22-16(21)18-11-7-10-13(15(19)20)14(18)12-8-5-4-6-9-12/h4-6,8-9,13-14H,7,10-11H2,1-3H3,(H,19,20)/t13-,14-/m1/s1. The van der Waals surface area contributed by atoms with Gasteiger partial charge in [0, 0.05) is 6.54 Å². The fraction of sp³-hybridized carbons (Fsp3) is 0.529. The number of hydrogen-bond donors (Lipinski definition) is 1. The normalized spacial score (nSPS) is 22.2. The van der Waals surface area contributed by atoms with Crippen molar-refractivity contribution < 1.29 is 19.4 Å². The van der Waals surface area contributed by atoms with Gasteiger partial charge in [0.25, 0.3) is 0 Å². The highest BCUT2D eigenvalue weighted by molar-refractivity contribution is 5.75. The molecular weight excluding hydrogens is 282 g/mol. The minimum Gasteiger partial charge on any atom is -0.481 e. The summed E-state index contributed by atoms with van der Waals surface area (Å²) in [4.78, 5) is 25.6. The lowest BCUT2D eigenvalue weighted by Gasteiger charge is -2.40. The summed E-state index contributed by atoms with van der Waals surface area (Å²) in [6.07, 6.45) is 0.778. The first-order valence-electron chi connectivity index (χ1n) is 7.57. The van der Waals surface area contributed by atoms with Gasteiger partial charge in [0.2, 0.25) is 0 Å². The van der Waals surface area contributed by atoms with Crippen molar-refractivity contribution in [3.63, 3.8) is 0 Å². The first kappa shape index (κ1) is 16.3. The van der Waals surface area contributed by atoms with Crippen molar-refractivity contribution in [2.75, 3.05) is 6.54 Å². The van der Waals surface area contributed by atoms with E-state index in [1.54, 1.807) is 25.7 Å². The molecule has 1 aromatic rings. The third kappa shape index (κ3) is 3.78. The number of nitrogens with zero attached hydrogens (tertiary/aromatic N) is 1. The van der Waals surface area contributed by atoms with Crippen molar-refractivity contribution >= 4 is 12.1 Å². The van der Waals surface area contributed by atoms with Crippen LogP contribution in [-0.2, 0) is 9.53 Å². The van der Waals surface area contributed by atoms with E-state index in [-0.39, 0.29) is 0 Å². The predicted molar refractivity (Wildman–Crippen MR) is 82.5 cm³/mol. The number of amides is 1. The molecular formula is C17H23NO4. The number of carboxylic acid groups (broad SMARTS) is 1. The van der Waals surface area contributed by atoms with Crippen molar-refractivity contribution in [2.24, 2.45) is 5.92 Å². The van der Waals surface area contributed by atoms with E-state index in [0.29, 0.717) is 19.4 Å². The molecule has 1 amide bonds. The number of carboxylic acids is 1. The molecule has 0 bridgehead atoms. The summed E-state index contributed by atoms with van der Waals surface area (Å²) in [7, 11) is 0. The summed E-state index contributed by atoms with van der Waals surface area (Å²) in [6.45, 7) is 5.93. The number of carbonyl (C=O) groups is 2. The zero-order chi connectivity index (χ0) is 16.3. The zero-order valence-electron chi connectivity index (χ0n) is 13.3. The molecule has 0 aliphatic carbocycles. The quantitative estimate of drug-likeness (QED) is 0.908. The third-order valence-corrected chi connectivity index (χ3v) is 3.72. The number of aliphatic carboxylic acids is 1. The van der Waals surface area contributed by atoms with Crippen LogP contribution in [0.15, 0.2) is 30.3 Å². The first-order valence-corrected chi connectivity index (χ1v) is 7.57. The Morgan fingerprint density at radius 1 is 1.23 bits per heavy atom. The van der Waals surface area contributed by atoms with E-state index in [2.05, 4.69) is 0 Å². The lowest BCUT2D eigenvalue weighted by Crippen LogP contribution is -2.47. The van der Waals surface area contributed by atoms with Crippen molar-refractivity contribution in [3.8, 4) is 0 Å². The van der Waals surface area contributed by atoms with Gasteiger partial charge in [-0.15, -0.1) is 0 Å². The van der Waals surface area contributed by atoms with Crippen LogP contribution in [-0.4, -0.2) is 34.2 Å². The van der Waals surface area contributed by atoms with Crippen LogP contribution in [0, 0.1) is 5.92 Å². The van der Waals surface area contributed by atoms with Crippen LogP contribution < -0.4 is 0 Å². The molecule has 1 aromatic carbocycles. The number of piperidine rings is 1. The van der Waals surface area contributed by atoms with Gasteiger partial charge >= 0.3 is 12.1 Å². The summed E-state index contributed by atoms with van der Waals surface area (Å²) < 4.78 is 5.45. The average Bonchev–Trinajstić information content (AvgIpc) is 2.45. The molecule has 0 radical (unpaired) electrons. The molecule has 5 heteroatoms. The highest BCUT2D eigenvalue weighted by Gasteiger charge is 2.40. The third-order valence-electron chi connectivity index (χ3n) is 3.72.